The first kappa shape index (κ1) is 19.8. The standard InChI is InChI=1S/C20H19BrN2O5/c1-11-16(19(25)28-10-12-6-4-3-5-7-12)17(23-20(26)22-11)13-8-14(21)18(24)15(9-13)27-2/h3-9,17,24H,10H2,1-2H3,(H2,22,23,26)/t17-/m0/s1. The first-order valence-electron chi connectivity index (χ1n) is 8.46. The molecule has 1 heterocycles. The molecule has 3 N–H and O–H groups in total. The zero-order valence-electron chi connectivity index (χ0n) is 15.3. The van der Waals surface area contributed by atoms with Crippen LogP contribution >= 0.6 is 15.9 Å². The van der Waals surface area contributed by atoms with Gasteiger partial charge in [-0.15, -0.1) is 0 Å². The number of urea groups is 1. The number of phenolic OH excluding ortho intramolecular Hbond substituents is 1. The number of carbonyl (C=O) groups excluding carboxylic acids is 2. The van der Waals surface area contributed by atoms with Gasteiger partial charge in [0.05, 0.1) is 23.2 Å². The van der Waals surface area contributed by atoms with E-state index >= 15 is 0 Å². The van der Waals surface area contributed by atoms with Gasteiger partial charge in [0, 0.05) is 5.70 Å². The van der Waals surface area contributed by atoms with Crippen LogP contribution in [-0.4, -0.2) is 24.2 Å². The highest BCUT2D eigenvalue weighted by atomic mass is 79.9. The lowest BCUT2D eigenvalue weighted by Crippen LogP contribution is -2.45. The van der Waals surface area contributed by atoms with Crippen LogP contribution in [0.25, 0.3) is 0 Å². The number of phenols is 1. The third kappa shape index (κ3) is 4.12. The highest BCUT2D eigenvalue weighted by molar-refractivity contribution is 9.10. The molecular formula is C20H19BrN2O5. The summed E-state index contributed by atoms with van der Waals surface area (Å²) in [6, 6.07) is 11.3. The Labute approximate surface area is 170 Å². The van der Waals surface area contributed by atoms with E-state index in [0.717, 1.165) is 5.56 Å². The number of nitrogens with one attached hydrogen (secondary N) is 2. The third-order valence-corrected chi connectivity index (χ3v) is 4.91. The monoisotopic (exact) mass is 446 g/mol. The molecule has 8 heteroatoms. The molecule has 2 amide bonds. The first-order chi connectivity index (χ1) is 13.4. The summed E-state index contributed by atoms with van der Waals surface area (Å²) >= 11 is 3.26. The quantitative estimate of drug-likeness (QED) is 0.610. The van der Waals surface area contributed by atoms with Crippen molar-refractivity contribution in [1.29, 1.82) is 0 Å². The fourth-order valence-corrected chi connectivity index (χ4v) is 3.39. The Bertz CT molecular complexity index is 943. The van der Waals surface area contributed by atoms with Crippen molar-refractivity contribution in [2.75, 3.05) is 7.11 Å². The Morgan fingerprint density at radius 3 is 2.64 bits per heavy atom. The second kappa shape index (κ2) is 8.35. The Morgan fingerprint density at radius 1 is 1.25 bits per heavy atom. The van der Waals surface area contributed by atoms with Crippen LogP contribution in [0.5, 0.6) is 11.5 Å². The van der Waals surface area contributed by atoms with E-state index in [1.165, 1.54) is 7.11 Å². The molecule has 0 aromatic heterocycles. The van der Waals surface area contributed by atoms with E-state index in [0.29, 0.717) is 15.7 Å². The van der Waals surface area contributed by atoms with E-state index in [-0.39, 0.29) is 23.7 Å². The molecule has 1 atom stereocenters. The summed E-state index contributed by atoms with van der Waals surface area (Å²) in [7, 11) is 1.42. The predicted octanol–water partition coefficient (Wildman–Crippen LogP) is 3.53. The normalized spacial score (nSPS) is 16.2. The summed E-state index contributed by atoms with van der Waals surface area (Å²) in [4.78, 5) is 24.8. The van der Waals surface area contributed by atoms with Crippen LogP contribution in [-0.2, 0) is 16.1 Å². The number of rotatable bonds is 5. The van der Waals surface area contributed by atoms with Gasteiger partial charge < -0.3 is 25.2 Å². The molecule has 0 fully saturated rings. The van der Waals surface area contributed by atoms with Gasteiger partial charge in [0.25, 0.3) is 0 Å². The maximum Gasteiger partial charge on any atom is 0.338 e. The number of methoxy groups -OCH3 is 1. The van der Waals surface area contributed by atoms with Crippen molar-refractivity contribution in [3.8, 4) is 11.5 Å². The van der Waals surface area contributed by atoms with Crippen molar-refractivity contribution in [3.05, 3.63) is 69.3 Å². The summed E-state index contributed by atoms with van der Waals surface area (Å²) in [6.07, 6.45) is 0. The predicted molar refractivity (Wildman–Crippen MR) is 106 cm³/mol. The van der Waals surface area contributed by atoms with Gasteiger partial charge in [0.1, 0.15) is 6.61 Å². The highest BCUT2D eigenvalue weighted by Gasteiger charge is 2.33. The number of benzene rings is 2. The molecule has 1 aliphatic heterocycles. The van der Waals surface area contributed by atoms with Crippen molar-refractivity contribution in [2.24, 2.45) is 0 Å². The lowest BCUT2D eigenvalue weighted by molar-refractivity contribution is -0.140. The van der Waals surface area contributed by atoms with Crippen LogP contribution in [0, 0.1) is 0 Å². The summed E-state index contributed by atoms with van der Waals surface area (Å²) in [6.45, 7) is 1.75. The molecule has 3 rings (SSSR count). The van der Waals surface area contributed by atoms with Crippen molar-refractivity contribution in [1.82, 2.24) is 10.6 Å². The van der Waals surface area contributed by atoms with E-state index in [9.17, 15) is 14.7 Å². The van der Waals surface area contributed by atoms with Gasteiger partial charge in [-0.05, 0) is 46.1 Å². The van der Waals surface area contributed by atoms with Gasteiger partial charge in [-0.1, -0.05) is 30.3 Å². The minimum atomic E-state index is -0.761. The molecule has 2 aromatic rings. The van der Waals surface area contributed by atoms with Crippen molar-refractivity contribution in [3.63, 3.8) is 0 Å². The fraction of sp³-hybridized carbons (Fsp3) is 0.200. The second-order valence-corrected chi connectivity index (χ2v) is 7.04. The summed E-state index contributed by atoms with van der Waals surface area (Å²) in [5.74, 6) is -0.408. The molecule has 1 aliphatic rings. The summed E-state index contributed by atoms with van der Waals surface area (Å²) in [5.41, 5.74) is 2.08. The second-order valence-electron chi connectivity index (χ2n) is 6.19. The van der Waals surface area contributed by atoms with E-state index in [4.69, 9.17) is 9.47 Å². The SMILES string of the molecule is COc1cc([C@@H]2NC(=O)NC(C)=C2C(=O)OCc2ccccc2)cc(Br)c1O. The van der Waals surface area contributed by atoms with E-state index in [1.54, 1.807) is 19.1 Å². The van der Waals surface area contributed by atoms with Crippen LogP contribution in [0.3, 0.4) is 0 Å². The average Bonchev–Trinajstić information content (AvgIpc) is 2.68. The lowest BCUT2D eigenvalue weighted by Gasteiger charge is -2.28. The zero-order valence-corrected chi connectivity index (χ0v) is 16.9. The lowest BCUT2D eigenvalue weighted by atomic mass is 9.95. The molecule has 146 valence electrons. The molecule has 0 unspecified atom stereocenters. The number of amides is 2. The molecule has 0 aliphatic carbocycles. The number of aromatic hydroxyl groups is 1. The maximum atomic E-state index is 12.8. The van der Waals surface area contributed by atoms with Crippen LogP contribution in [0.1, 0.15) is 24.1 Å². The largest absolute Gasteiger partial charge is 0.503 e. The maximum absolute atomic E-state index is 12.8. The number of esters is 1. The van der Waals surface area contributed by atoms with E-state index in [1.807, 2.05) is 30.3 Å². The number of halogens is 1. The number of hydrogen-bond acceptors (Lipinski definition) is 5. The molecule has 0 spiro atoms. The minimum absolute atomic E-state index is 0.0691. The summed E-state index contributed by atoms with van der Waals surface area (Å²) in [5, 5.41) is 15.4. The van der Waals surface area contributed by atoms with Crippen LogP contribution in [0.4, 0.5) is 4.79 Å². The van der Waals surface area contributed by atoms with Crippen molar-refractivity contribution in [2.45, 2.75) is 19.6 Å². The van der Waals surface area contributed by atoms with Gasteiger partial charge in [0.15, 0.2) is 11.5 Å². The molecule has 2 aromatic carbocycles. The van der Waals surface area contributed by atoms with Gasteiger partial charge in [-0.3, -0.25) is 0 Å². The highest BCUT2D eigenvalue weighted by Crippen LogP contribution is 2.39. The molecular weight excluding hydrogens is 428 g/mol. The smallest absolute Gasteiger partial charge is 0.338 e. The Morgan fingerprint density at radius 2 is 1.96 bits per heavy atom. The topological polar surface area (TPSA) is 96.9 Å². The molecule has 0 saturated carbocycles. The molecule has 0 bridgehead atoms. The van der Waals surface area contributed by atoms with Gasteiger partial charge >= 0.3 is 12.0 Å². The van der Waals surface area contributed by atoms with Gasteiger partial charge in [0.2, 0.25) is 0 Å². The number of ether oxygens (including phenoxy) is 2. The van der Waals surface area contributed by atoms with Crippen LogP contribution < -0.4 is 15.4 Å². The number of hydrogen-bond donors (Lipinski definition) is 3. The van der Waals surface area contributed by atoms with Crippen molar-refractivity contribution < 1.29 is 24.2 Å². The fourth-order valence-electron chi connectivity index (χ4n) is 2.93. The van der Waals surface area contributed by atoms with Crippen LogP contribution in [0.2, 0.25) is 0 Å². The zero-order chi connectivity index (χ0) is 20.3. The number of carbonyl (C=O) groups is 2. The molecule has 28 heavy (non-hydrogen) atoms. The molecule has 7 nitrogen and oxygen atoms in total. The number of allylic oxidation sites excluding steroid dienone is 1. The van der Waals surface area contributed by atoms with E-state index in [2.05, 4.69) is 26.6 Å². The van der Waals surface area contributed by atoms with Crippen molar-refractivity contribution >= 4 is 27.9 Å². The third-order valence-electron chi connectivity index (χ3n) is 4.31. The Hall–Kier alpha value is -3.00. The molecule has 0 saturated heterocycles. The minimum Gasteiger partial charge on any atom is -0.503 e. The van der Waals surface area contributed by atoms with Gasteiger partial charge in [-0.25, -0.2) is 9.59 Å². The average molecular weight is 447 g/mol. The summed E-state index contributed by atoms with van der Waals surface area (Å²) < 4.78 is 11.0. The first-order valence-corrected chi connectivity index (χ1v) is 9.25. The van der Waals surface area contributed by atoms with E-state index < -0.39 is 18.0 Å². The Balaban J connectivity index is 1.93. The Kier molecular flexibility index (Phi) is 5.89. The van der Waals surface area contributed by atoms with Crippen LogP contribution in [0.15, 0.2) is 58.2 Å². The van der Waals surface area contributed by atoms with Gasteiger partial charge in [-0.2, -0.15) is 0 Å². The molecule has 0 radical (unpaired) electrons.